The molecule has 0 spiro atoms. The number of carbonyl (C=O) groups is 2. The first-order valence-corrected chi connectivity index (χ1v) is 11.2. The molecule has 2 heterocycles. The van der Waals surface area contributed by atoms with Gasteiger partial charge in [0.05, 0.1) is 18.4 Å². The molecule has 1 aliphatic heterocycles. The number of methoxy groups -OCH3 is 1. The molecule has 1 aliphatic rings. The van der Waals surface area contributed by atoms with E-state index in [9.17, 15) is 9.59 Å². The van der Waals surface area contributed by atoms with Gasteiger partial charge in [-0.1, -0.05) is 54.6 Å². The van der Waals surface area contributed by atoms with E-state index in [1.807, 2.05) is 79.7 Å². The predicted molar refractivity (Wildman–Crippen MR) is 137 cm³/mol. The number of ether oxygens (including phenoxy) is 1. The van der Waals surface area contributed by atoms with Crippen LogP contribution in [0.25, 0.3) is 23.1 Å². The highest BCUT2D eigenvalue weighted by molar-refractivity contribution is 6.23. The van der Waals surface area contributed by atoms with Gasteiger partial charge in [-0.15, -0.1) is 0 Å². The zero-order chi connectivity index (χ0) is 24.4. The number of nitrogens with zero attached hydrogens (tertiary/aromatic N) is 1. The average molecular weight is 462 g/mol. The van der Waals surface area contributed by atoms with Crippen LogP contribution < -0.4 is 4.90 Å². The fourth-order valence-corrected chi connectivity index (χ4v) is 4.09. The smallest absolute Gasteiger partial charge is 0.337 e. The van der Waals surface area contributed by atoms with E-state index in [4.69, 9.17) is 9.15 Å². The molecular formula is C30H23NO4. The number of benzene rings is 3. The van der Waals surface area contributed by atoms with Gasteiger partial charge in [-0.05, 0) is 66.6 Å². The van der Waals surface area contributed by atoms with Gasteiger partial charge in [0.15, 0.2) is 0 Å². The fourth-order valence-electron chi connectivity index (χ4n) is 4.09. The van der Waals surface area contributed by atoms with Gasteiger partial charge in [-0.2, -0.15) is 0 Å². The van der Waals surface area contributed by atoms with Crippen molar-refractivity contribution in [3.05, 3.63) is 125 Å². The van der Waals surface area contributed by atoms with Crippen LogP contribution in [0.5, 0.6) is 0 Å². The molecule has 0 N–H and O–H groups in total. The van der Waals surface area contributed by atoms with Gasteiger partial charge < -0.3 is 9.15 Å². The lowest BCUT2D eigenvalue weighted by atomic mass is 10.1. The lowest BCUT2D eigenvalue weighted by Crippen LogP contribution is -2.24. The largest absolute Gasteiger partial charge is 0.465 e. The molecular weight excluding hydrogens is 438 g/mol. The Morgan fingerprint density at radius 3 is 2.37 bits per heavy atom. The number of rotatable bonds is 5. The third-order valence-electron chi connectivity index (χ3n) is 5.83. The van der Waals surface area contributed by atoms with Gasteiger partial charge in [-0.25, -0.2) is 4.79 Å². The molecule has 0 unspecified atom stereocenters. The summed E-state index contributed by atoms with van der Waals surface area (Å²) in [5, 5.41) is 0. The molecule has 5 heteroatoms. The van der Waals surface area contributed by atoms with Crippen molar-refractivity contribution in [1.82, 2.24) is 0 Å². The summed E-state index contributed by atoms with van der Waals surface area (Å²) >= 11 is 0. The Labute approximate surface area is 203 Å². The van der Waals surface area contributed by atoms with E-state index < -0.39 is 0 Å². The minimum absolute atomic E-state index is 0.116. The Balaban J connectivity index is 1.49. The van der Waals surface area contributed by atoms with Crippen molar-refractivity contribution in [2.75, 3.05) is 12.0 Å². The van der Waals surface area contributed by atoms with Crippen LogP contribution in [0.4, 0.5) is 5.69 Å². The molecule has 3 aromatic carbocycles. The van der Waals surface area contributed by atoms with Gasteiger partial charge in [0.1, 0.15) is 11.5 Å². The van der Waals surface area contributed by atoms with E-state index in [0.29, 0.717) is 22.7 Å². The topological polar surface area (TPSA) is 59.8 Å². The summed E-state index contributed by atoms with van der Waals surface area (Å²) in [6, 6.07) is 28.4. The first kappa shape index (κ1) is 22.2. The average Bonchev–Trinajstić information content (AvgIpc) is 3.49. The summed E-state index contributed by atoms with van der Waals surface area (Å²) in [6.07, 6.45) is 3.65. The van der Waals surface area contributed by atoms with Crippen LogP contribution in [-0.2, 0) is 9.53 Å². The third-order valence-corrected chi connectivity index (χ3v) is 5.83. The van der Waals surface area contributed by atoms with E-state index in [1.54, 1.807) is 35.2 Å². The van der Waals surface area contributed by atoms with Gasteiger partial charge in [0, 0.05) is 16.8 Å². The number of aryl methyl sites for hydroxylation is 1. The highest BCUT2D eigenvalue weighted by atomic mass is 16.5. The van der Waals surface area contributed by atoms with Crippen LogP contribution in [0.1, 0.15) is 27.2 Å². The van der Waals surface area contributed by atoms with Crippen molar-refractivity contribution in [2.45, 2.75) is 6.92 Å². The highest BCUT2D eigenvalue weighted by Gasteiger charge is 2.30. The fraction of sp³-hybridized carbons (Fsp3) is 0.0667. The molecule has 0 saturated carbocycles. The van der Waals surface area contributed by atoms with Crippen molar-refractivity contribution >= 4 is 29.3 Å². The minimum Gasteiger partial charge on any atom is -0.465 e. The second kappa shape index (κ2) is 9.31. The maximum absolute atomic E-state index is 13.5. The second-order valence-electron chi connectivity index (χ2n) is 8.25. The molecule has 172 valence electrons. The Hall–Kier alpha value is -4.64. The van der Waals surface area contributed by atoms with Crippen LogP contribution >= 0.6 is 0 Å². The van der Waals surface area contributed by atoms with Crippen molar-refractivity contribution in [2.24, 2.45) is 0 Å². The molecule has 0 fully saturated rings. The Bertz CT molecular complexity index is 1460. The van der Waals surface area contributed by atoms with Gasteiger partial charge >= 0.3 is 5.97 Å². The summed E-state index contributed by atoms with van der Waals surface area (Å²) < 4.78 is 10.8. The van der Waals surface area contributed by atoms with Gasteiger partial charge in [0.2, 0.25) is 0 Å². The molecule has 35 heavy (non-hydrogen) atoms. The van der Waals surface area contributed by atoms with E-state index in [1.165, 1.54) is 7.11 Å². The zero-order valence-electron chi connectivity index (χ0n) is 19.4. The summed E-state index contributed by atoms with van der Waals surface area (Å²) in [4.78, 5) is 26.9. The lowest BCUT2D eigenvalue weighted by molar-refractivity contribution is -0.113. The molecule has 0 radical (unpaired) electrons. The number of amides is 1. The third kappa shape index (κ3) is 4.44. The van der Waals surface area contributed by atoms with Crippen molar-refractivity contribution in [1.29, 1.82) is 0 Å². The van der Waals surface area contributed by atoms with Gasteiger partial charge in [-0.3, -0.25) is 9.69 Å². The first-order chi connectivity index (χ1) is 17.0. The van der Waals surface area contributed by atoms with E-state index in [0.717, 1.165) is 28.1 Å². The Kier molecular flexibility index (Phi) is 5.90. The normalized spacial score (nSPS) is 14.3. The van der Waals surface area contributed by atoms with E-state index in [-0.39, 0.29) is 11.9 Å². The molecule has 4 aromatic rings. The van der Waals surface area contributed by atoms with Crippen LogP contribution in [-0.4, -0.2) is 19.0 Å². The van der Waals surface area contributed by atoms with Crippen LogP contribution in [0.3, 0.4) is 0 Å². The van der Waals surface area contributed by atoms with Crippen LogP contribution in [0.2, 0.25) is 0 Å². The maximum atomic E-state index is 13.5. The monoisotopic (exact) mass is 461 g/mol. The molecule has 0 bridgehead atoms. The summed E-state index contributed by atoms with van der Waals surface area (Å²) in [6.45, 7) is 2.01. The number of furan rings is 1. The van der Waals surface area contributed by atoms with Gasteiger partial charge in [0.25, 0.3) is 5.91 Å². The van der Waals surface area contributed by atoms with Crippen LogP contribution in [0.15, 0.2) is 107 Å². The molecule has 1 amide bonds. The standard InChI is InChI=1S/C30H23NO4/c1-20-7-6-10-25(17-20)31-27(21-8-4-3-5-9-21)19-24(29(31)32)18-26-15-16-28(35-26)22-11-13-23(14-12-22)30(33)34-2/h3-19H,1-2H3/b24-18+. The zero-order valence-corrected chi connectivity index (χ0v) is 19.4. The molecule has 0 aliphatic carbocycles. The molecule has 1 aromatic heterocycles. The quantitative estimate of drug-likeness (QED) is 0.251. The summed E-state index contributed by atoms with van der Waals surface area (Å²) in [7, 11) is 1.35. The lowest BCUT2D eigenvalue weighted by Gasteiger charge is -2.21. The Morgan fingerprint density at radius 2 is 1.66 bits per heavy atom. The summed E-state index contributed by atoms with van der Waals surface area (Å²) in [5.41, 5.74) is 5.49. The number of anilines is 1. The molecule has 0 saturated heterocycles. The minimum atomic E-state index is -0.389. The number of hydrogen-bond acceptors (Lipinski definition) is 4. The van der Waals surface area contributed by atoms with E-state index in [2.05, 4.69) is 0 Å². The molecule has 5 rings (SSSR count). The highest BCUT2D eigenvalue weighted by Crippen LogP contribution is 2.36. The second-order valence-corrected chi connectivity index (χ2v) is 8.25. The van der Waals surface area contributed by atoms with Crippen molar-refractivity contribution < 1.29 is 18.7 Å². The first-order valence-electron chi connectivity index (χ1n) is 11.2. The number of esters is 1. The van der Waals surface area contributed by atoms with Crippen LogP contribution in [0, 0.1) is 6.92 Å². The number of carbonyl (C=O) groups excluding carboxylic acids is 2. The van der Waals surface area contributed by atoms with Crippen molar-refractivity contribution in [3.8, 4) is 11.3 Å². The summed E-state index contributed by atoms with van der Waals surface area (Å²) in [5.74, 6) is 0.701. The number of hydrogen-bond donors (Lipinski definition) is 0. The molecule has 0 atom stereocenters. The molecule has 5 nitrogen and oxygen atoms in total. The van der Waals surface area contributed by atoms with Crippen molar-refractivity contribution in [3.63, 3.8) is 0 Å². The SMILES string of the molecule is COC(=O)c1ccc(-c2ccc(/C=C3\C=C(c4ccccc4)N(c4cccc(C)c4)C3=O)o2)cc1. The predicted octanol–water partition coefficient (Wildman–Crippen LogP) is 6.51. The van der Waals surface area contributed by atoms with E-state index >= 15 is 0 Å². The Morgan fingerprint density at radius 1 is 0.886 bits per heavy atom. The maximum Gasteiger partial charge on any atom is 0.337 e.